The first kappa shape index (κ1) is 22.7. The SMILES string of the molecule is CCOCCCNC(=NCc1ccc(OC)cc1)NCc1c(CC)noc1CC. The minimum Gasteiger partial charge on any atom is -0.497 e. The lowest BCUT2D eigenvalue weighted by Gasteiger charge is -2.13. The smallest absolute Gasteiger partial charge is 0.191 e. The highest BCUT2D eigenvalue weighted by atomic mass is 16.5. The summed E-state index contributed by atoms with van der Waals surface area (Å²) in [5.41, 5.74) is 3.25. The Morgan fingerprint density at radius 1 is 1.10 bits per heavy atom. The average Bonchev–Trinajstić information content (AvgIpc) is 3.17. The van der Waals surface area contributed by atoms with Gasteiger partial charge in [0.1, 0.15) is 11.5 Å². The second-order valence-corrected chi connectivity index (χ2v) is 6.58. The van der Waals surface area contributed by atoms with E-state index in [1.165, 1.54) is 0 Å². The molecule has 0 fully saturated rings. The highest BCUT2D eigenvalue weighted by Crippen LogP contribution is 2.15. The van der Waals surface area contributed by atoms with E-state index in [-0.39, 0.29) is 0 Å². The maximum absolute atomic E-state index is 5.47. The van der Waals surface area contributed by atoms with Crippen molar-refractivity contribution in [2.24, 2.45) is 4.99 Å². The Morgan fingerprint density at radius 2 is 1.90 bits per heavy atom. The average molecular weight is 403 g/mol. The van der Waals surface area contributed by atoms with Crippen molar-refractivity contribution in [1.29, 1.82) is 0 Å². The van der Waals surface area contributed by atoms with Gasteiger partial charge in [-0.25, -0.2) is 4.99 Å². The summed E-state index contributed by atoms with van der Waals surface area (Å²) >= 11 is 0. The Labute approximate surface area is 173 Å². The normalized spacial score (nSPS) is 11.5. The van der Waals surface area contributed by atoms with Crippen LogP contribution in [0.2, 0.25) is 0 Å². The number of aliphatic imine (C=N–C) groups is 1. The van der Waals surface area contributed by atoms with Crippen LogP contribution in [0, 0.1) is 0 Å². The van der Waals surface area contributed by atoms with Crippen LogP contribution in [0.4, 0.5) is 0 Å². The number of hydrogen-bond acceptors (Lipinski definition) is 5. The fourth-order valence-corrected chi connectivity index (χ4v) is 2.91. The molecule has 7 heteroatoms. The standard InChI is InChI=1S/C22H34N4O3/c1-5-20-19(21(6-2)29-26-20)16-25-22(23-13-8-14-28-7-3)24-15-17-9-11-18(27-4)12-10-17/h9-12H,5-8,13-16H2,1-4H3,(H2,23,24,25). The largest absolute Gasteiger partial charge is 0.497 e. The summed E-state index contributed by atoms with van der Waals surface area (Å²) in [4.78, 5) is 4.74. The molecule has 0 unspecified atom stereocenters. The van der Waals surface area contributed by atoms with E-state index in [9.17, 15) is 0 Å². The van der Waals surface area contributed by atoms with Gasteiger partial charge in [0.05, 0.1) is 19.3 Å². The van der Waals surface area contributed by atoms with Crippen LogP contribution in [0.5, 0.6) is 5.75 Å². The molecule has 29 heavy (non-hydrogen) atoms. The molecule has 0 aliphatic heterocycles. The number of nitrogens with zero attached hydrogens (tertiary/aromatic N) is 2. The van der Waals surface area contributed by atoms with Crippen LogP contribution in [0.15, 0.2) is 33.8 Å². The van der Waals surface area contributed by atoms with Crippen LogP contribution in [0.25, 0.3) is 0 Å². The van der Waals surface area contributed by atoms with Crippen LogP contribution < -0.4 is 15.4 Å². The molecule has 0 radical (unpaired) electrons. The molecule has 0 bridgehead atoms. The number of nitrogens with one attached hydrogen (secondary N) is 2. The topological polar surface area (TPSA) is 80.9 Å². The maximum Gasteiger partial charge on any atom is 0.191 e. The second-order valence-electron chi connectivity index (χ2n) is 6.58. The van der Waals surface area contributed by atoms with Gasteiger partial charge in [-0.2, -0.15) is 0 Å². The van der Waals surface area contributed by atoms with Crippen molar-refractivity contribution in [3.63, 3.8) is 0 Å². The van der Waals surface area contributed by atoms with E-state index in [0.717, 1.165) is 73.3 Å². The predicted molar refractivity (Wildman–Crippen MR) is 115 cm³/mol. The number of aryl methyl sites for hydroxylation is 2. The molecule has 0 aliphatic rings. The summed E-state index contributed by atoms with van der Waals surface area (Å²) in [6.07, 6.45) is 2.59. The van der Waals surface area contributed by atoms with E-state index in [0.29, 0.717) is 13.1 Å². The van der Waals surface area contributed by atoms with Gasteiger partial charge in [-0.05, 0) is 37.5 Å². The van der Waals surface area contributed by atoms with Gasteiger partial charge in [0.2, 0.25) is 0 Å². The zero-order valence-electron chi connectivity index (χ0n) is 18.1. The van der Waals surface area contributed by atoms with Gasteiger partial charge in [-0.15, -0.1) is 0 Å². The number of hydrogen-bond donors (Lipinski definition) is 2. The van der Waals surface area contributed by atoms with Crippen molar-refractivity contribution < 1.29 is 14.0 Å². The molecule has 0 aliphatic carbocycles. The van der Waals surface area contributed by atoms with Crippen LogP contribution in [-0.2, 0) is 30.7 Å². The van der Waals surface area contributed by atoms with Gasteiger partial charge >= 0.3 is 0 Å². The molecule has 1 aromatic heterocycles. The third-order valence-electron chi connectivity index (χ3n) is 4.58. The van der Waals surface area contributed by atoms with Crippen LogP contribution in [-0.4, -0.2) is 38.0 Å². The van der Waals surface area contributed by atoms with Gasteiger partial charge < -0.3 is 24.6 Å². The summed E-state index contributed by atoms with van der Waals surface area (Å²) in [5.74, 6) is 2.54. The quantitative estimate of drug-likeness (QED) is 0.321. The third-order valence-corrected chi connectivity index (χ3v) is 4.58. The van der Waals surface area contributed by atoms with Crippen LogP contribution in [0.1, 0.15) is 49.8 Å². The second kappa shape index (κ2) is 12.8. The number of methoxy groups -OCH3 is 1. The summed E-state index contributed by atoms with van der Waals surface area (Å²) < 4.78 is 16.1. The molecule has 7 nitrogen and oxygen atoms in total. The lowest BCUT2D eigenvalue weighted by atomic mass is 10.1. The summed E-state index contributed by atoms with van der Waals surface area (Å²) in [5, 5.41) is 11.0. The molecular weight excluding hydrogens is 368 g/mol. The van der Waals surface area contributed by atoms with Crippen molar-refractivity contribution in [2.75, 3.05) is 26.9 Å². The van der Waals surface area contributed by atoms with E-state index in [2.05, 4.69) is 29.6 Å². The van der Waals surface area contributed by atoms with Crippen LogP contribution in [0.3, 0.4) is 0 Å². The van der Waals surface area contributed by atoms with E-state index in [1.54, 1.807) is 7.11 Å². The molecule has 2 rings (SSSR count). The van der Waals surface area contributed by atoms with Crippen molar-refractivity contribution in [3.05, 3.63) is 46.8 Å². The Kier molecular flexibility index (Phi) is 10.1. The van der Waals surface area contributed by atoms with E-state index < -0.39 is 0 Å². The first-order chi connectivity index (χ1) is 14.2. The molecule has 1 heterocycles. The Hall–Kier alpha value is -2.54. The Morgan fingerprint density at radius 3 is 2.55 bits per heavy atom. The molecule has 0 saturated heterocycles. The van der Waals surface area contributed by atoms with E-state index in [4.69, 9.17) is 19.0 Å². The van der Waals surface area contributed by atoms with Crippen LogP contribution >= 0.6 is 0 Å². The van der Waals surface area contributed by atoms with Crippen molar-refractivity contribution in [1.82, 2.24) is 15.8 Å². The first-order valence-electron chi connectivity index (χ1n) is 10.4. The van der Waals surface area contributed by atoms with Gasteiger partial charge in [0.25, 0.3) is 0 Å². The molecule has 1 aromatic carbocycles. The number of guanidine groups is 1. The first-order valence-corrected chi connectivity index (χ1v) is 10.4. The van der Waals surface area contributed by atoms with Gasteiger partial charge in [-0.3, -0.25) is 0 Å². The minimum atomic E-state index is 0.579. The number of ether oxygens (including phenoxy) is 2. The van der Waals surface area contributed by atoms with Crippen molar-refractivity contribution in [2.45, 2.75) is 53.1 Å². The van der Waals surface area contributed by atoms with Crippen molar-refractivity contribution in [3.8, 4) is 5.75 Å². The maximum atomic E-state index is 5.47. The minimum absolute atomic E-state index is 0.579. The third kappa shape index (κ3) is 7.42. The molecule has 0 atom stereocenters. The highest BCUT2D eigenvalue weighted by Gasteiger charge is 2.13. The van der Waals surface area contributed by atoms with Gasteiger partial charge in [0.15, 0.2) is 5.96 Å². The summed E-state index contributed by atoms with van der Waals surface area (Å²) in [6, 6.07) is 7.95. The fourth-order valence-electron chi connectivity index (χ4n) is 2.91. The fraction of sp³-hybridized carbons (Fsp3) is 0.545. The number of rotatable bonds is 12. The summed E-state index contributed by atoms with van der Waals surface area (Å²) in [6.45, 7) is 9.65. The number of benzene rings is 1. The van der Waals surface area contributed by atoms with Gasteiger partial charge in [0, 0.05) is 38.3 Å². The molecule has 0 saturated carbocycles. The molecule has 0 spiro atoms. The molecule has 2 aromatic rings. The molecule has 0 amide bonds. The van der Waals surface area contributed by atoms with Gasteiger partial charge in [-0.1, -0.05) is 31.1 Å². The Bertz CT molecular complexity index is 720. The van der Waals surface area contributed by atoms with E-state index >= 15 is 0 Å². The molecular formula is C22H34N4O3. The molecule has 160 valence electrons. The number of aromatic nitrogens is 1. The Balaban J connectivity index is 2.02. The lowest BCUT2D eigenvalue weighted by molar-refractivity contribution is 0.145. The molecule has 2 N–H and O–H groups in total. The summed E-state index contributed by atoms with van der Waals surface area (Å²) in [7, 11) is 1.67. The van der Waals surface area contributed by atoms with Crippen molar-refractivity contribution >= 4 is 5.96 Å². The monoisotopic (exact) mass is 402 g/mol. The highest BCUT2D eigenvalue weighted by molar-refractivity contribution is 5.79. The lowest BCUT2D eigenvalue weighted by Crippen LogP contribution is -2.38. The van der Waals surface area contributed by atoms with E-state index in [1.807, 2.05) is 31.2 Å². The predicted octanol–water partition coefficient (Wildman–Crippen LogP) is 3.47. The zero-order chi connectivity index (χ0) is 20.9. The zero-order valence-corrected chi connectivity index (χ0v) is 18.1.